The molecule has 1 amide bonds. The van der Waals surface area contributed by atoms with Gasteiger partial charge in [0.1, 0.15) is 0 Å². The maximum atomic E-state index is 12.2. The summed E-state index contributed by atoms with van der Waals surface area (Å²) in [5.74, 6) is -0.739. The molecule has 1 aliphatic heterocycles. The fraction of sp³-hybridized carbons (Fsp3) is 0.571. The Kier molecular flexibility index (Phi) is 5.14. The average Bonchev–Trinajstić information content (AvgIpc) is 3.01. The van der Waals surface area contributed by atoms with Gasteiger partial charge in [-0.1, -0.05) is 6.07 Å². The minimum absolute atomic E-state index is 0.00610. The number of rotatable bonds is 6. The molecule has 1 atom stereocenters. The van der Waals surface area contributed by atoms with E-state index in [2.05, 4.69) is 0 Å². The Morgan fingerprint density at radius 2 is 2.35 bits per heavy atom. The maximum absolute atomic E-state index is 12.2. The molecule has 0 aliphatic carbocycles. The van der Waals surface area contributed by atoms with Crippen molar-refractivity contribution >= 4 is 23.2 Å². The number of nitrogens with zero attached hydrogens (tertiary/aromatic N) is 2. The first-order valence-electron chi connectivity index (χ1n) is 6.78. The topological polar surface area (TPSA) is 60.9 Å². The third-order valence-corrected chi connectivity index (χ3v) is 4.51. The van der Waals surface area contributed by atoms with Crippen LogP contribution in [0.2, 0.25) is 0 Å². The number of aliphatic carboxylic acids is 1. The Morgan fingerprint density at radius 3 is 3.00 bits per heavy atom. The van der Waals surface area contributed by atoms with Gasteiger partial charge in [0.25, 0.3) is 0 Å². The highest BCUT2D eigenvalue weighted by Gasteiger charge is 2.28. The van der Waals surface area contributed by atoms with Gasteiger partial charge in [0, 0.05) is 18.0 Å². The van der Waals surface area contributed by atoms with Gasteiger partial charge < -0.3 is 10.0 Å². The summed E-state index contributed by atoms with van der Waals surface area (Å²) >= 11 is 1.64. The van der Waals surface area contributed by atoms with Crippen molar-refractivity contribution in [1.29, 1.82) is 0 Å². The number of likely N-dealkylation sites (N-methyl/N-ethyl adjacent to an activating group) is 1. The summed E-state index contributed by atoms with van der Waals surface area (Å²) in [7, 11) is 1.80. The lowest BCUT2D eigenvalue weighted by Crippen LogP contribution is -2.41. The largest absolute Gasteiger partial charge is 0.481 e. The van der Waals surface area contributed by atoms with E-state index in [-0.39, 0.29) is 18.4 Å². The zero-order valence-corrected chi connectivity index (χ0v) is 12.4. The molecule has 0 saturated carbocycles. The van der Waals surface area contributed by atoms with Crippen molar-refractivity contribution in [3.05, 3.63) is 22.4 Å². The Bertz CT molecular complexity index is 461. The fourth-order valence-corrected chi connectivity index (χ4v) is 3.31. The molecular weight excluding hydrogens is 276 g/mol. The zero-order chi connectivity index (χ0) is 14.5. The highest BCUT2D eigenvalue weighted by atomic mass is 32.1. The number of carboxylic acids is 1. The SMILES string of the molecule is CN(Cc1cccs1)C(=O)CN1CCCC1CC(=O)O. The summed E-state index contributed by atoms with van der Waals surface area (Å²) in [4.78, 5) is 27.9. The van der Waals surface area contributed by atoms with Gasteiger partial charge in [-0.05, 0) is 30.8 Å². The molecule has 1 saturated heterocycles. The fourth-order valence-electron chi connectivity index (χ4n) is 2.55. The second-order valence-electron chi connectivity index (χ2n) is 5.19. The van der Waals surface area contributed by atoms with Crippen LogP contribution in [0.1, 0.15) is 24.1 Å². The standard InChI is InChI=1S/C14H20N2O3S/c1-15(9-12-5-3-7-20-12)13(17)10-16-6-2-4-11(16)8-14(18)19/h3,5,7,11H,2,4,6,8-10H2,1H3,(H,18,19). The lowest BCUT2D eigenvalue weighted by atomic mass is 10.1. The Morgan fingerprint density at radius 1 is 1.55 bits per heavy atom. The molecule has 1 aromatic heterocycles. The van der Waals surface area contributed by atoms with Gasteiger partial charge in [-0.3, -0.25) is 14.5 Å². The summed E-state index contributed by atoms with van der Waals surface area (Å²) < 4.78 is 0. The predicted molar refractivity (Wildman–Crippen MR) is 77.6 cm³/mol. The third kappa shape index (κ3) is 4.05. The van der Waals surface area contributed by atoms with Crippen LogP contribution in [-0.4, -0.2) is 53.0 Å². The molecule has 1 N–H and O–H groups in total. The van der Waals surface area contributed by atoms with Crippen LogP contribution in [0.5, 0.6) is 0 Å². The normalized spacial score (nSPS) is 19.1. The van der Waals surface area contributed by atoms with Crippen LogP contribution in [0.25, 0.3) is 0 Å². The molecule has 6 heteroatoms. The van der Waals surface area contributed by atoms with Crippen molar-refractivity contribution in [2.24, 2.45) is 0 Å². The Balaban J connectivity index is 1.85. The molecule has 110 valence electrons. The average molecular weight is 296 g/mol. The third-order valence-electron chi connectivity index (χ3n) is 3.65. The highest BCUT2D eigenvalue weighted by Crippen LogP contribution is 2.20. The van der Waals surface area contributed by atoms with E-state index in [4.69, 9.17) is 5.11 Å². The van der Waals surface area contributed by atoms with Crippen LogP contribution < -0.4 is 0 Å². The second-order valence-corrected chi connectivity index (χ2v) is 6.23. The van der Waals surface area contributed by atoms with Gasteiger partial charge in [-0.15, -0.1) is 11.3 Å². The van der Waals surface area contributed by atoms with E-state index >= 15 is 0 Å². The molecule has 1 aromatic rings. The molecule has 20 heavy (non-hydrogen) atoms. The van der Waals surface area contributed by atoms with Crippen molar-refractivity contribution in [3.63, 3.8) is 0 Å². The van der Waals surface area contributed by atoms with Crippen molar-refractivity contribution in [1.82, 2.24) is 9.80 Å². The minimum Gasteiger partial charge on any atom is -0.481 e. The van der Waals surface area contributed by atoms with Crippen molar-refractivity contribution in [2.45, 2.75) is 31.8 Å². The van der Waals surface area contributed by atoms with Gasteiger partial charge in [-0.25, -0.2) is 0 Å². The molecule has 0 radical (unpaired) electrons. The van der Waals surface area contributed by atoms with E-state index in [0.29, 0.717) is 13.1 Å². The quantitative estimate of drug-likeness (QED) is 0.867. The predicted octanol–water partition coefficient (Wildman–Crippen LogP) is 1.65. The van der Waals surface area contributed by atoms with Gasteiger partial charge in [0.2, 0.25) is 5.91 Å². The molecule has 0 aromatic carbocycles. The summed E-state index contributed by atoms with van der Waals surface area (Å²) in [6, 6.07) is 3.99. The van der Waals surface area contributed by atoms with Crippen molar-refractivity contribution < 1.29 is 14.7 Å². The maximum Gasteiger partial charge on any atom is 0.304 e. The van der Waals surface area contributed by atoms with E-state index in [0.717, 1.165) is 24.3 Å². The van der Waals surface area contributed by atoms with Crippen molar-refractivity contribution in [3.8, 4) is 0 Å². The van der Waals surface area contributed by atoms with Gasteiger partial charge in [0.15, 0.2) is 0 Å². The first-order chi connectivity index (χ1) is 9.56. The number of likely N-dealkylation sites (tertiary alicyclic amines) is 1. The van der Waals surface area contributed by atoms with Crippen LogP contribution in [0, 0.1) is 0 Å². The summed E-state index contributed by atoms with van der Waals surface area (Å²) in [5, 5.41) is 10.9. The summed E-state index contributed by atoms with van der Waals surface area (Å²) in [5.41, 5.74) is 0. The van der Waals surface area contributed by atoms with E-state index in [9.17, 15) is 9.59 Å². The zero-order valence-electron chi connectivity index (χ0n) is 11.6. The Hall–Kier alpha value is -1.40. The molecule has 2 rings (SSSR count). The number of hydrogen-bond acceptors (Lipinski definition) is 4. The molecule has 1 aliphatic rings. The van der Waals surface area contributed by atoms with Gasteiger partial charge >= 0.3 is 5.97 Å². The van der Waals surface area contributed by atoms with E-state index in [1.807, 2.05) is 22.4 Å². The molecule has 2 heterocycles. The van der Waals surface area contributed by atoms with Crippen LogP contribution in [0.15, 0.2) is 17.5 Å². The number of hydrogen-bond donors (Lipinski definition) is 1. The van der Waals surface area contributed by atoms with E-state index < -0.39 is 5.97 Å². The number of carboxylic acid groups (broad SMARTS) is 1. The van der Waals surface area contributed by atoms with Crippen molar-refractivity contribution in [2.75, 3.05) is 20.1 Å². The van der Waals surface area contributed by atoms with Crippen LogP contribution >= 0.6 is 11.3 Å². The van der Waals surface area contributed by atoms with Gasteiger partial charge in [0.05, 0.1) is 19.5 Å². The second kappa shape index (κ2) is 6.85. The smallest absolute Gasteiger partial charge is 0.304 e. The van der Waals surface area contributed by atoms with E-state index in [1.54, 1.807) is 23.3 Å². The Labute approximate surface area is 122 Å². The number of carbonyl (C=O) groups is 2. The molecule has 5 nitrogen and oxygen atoms in total. The van der Waals surface area contributed by atoms with Gasteiger partial charge in [-0.2, -0.15) is 0 Å². The van der Waals surface area contributed by atoms with Crippen LogP contribution in [0.3, 0.4) is 0 Å². The first-order valence-corrected chi connectivity index (χ1v) is 7.66. The summed E-state index contributed by atoms with van der Waals surface area (Å²) in [6.07, 6.45) is 1.97. The molecular formula is C14H20N2O3S. The molecule has 0 spiro atoms. The molecule has 0 bridgehead atoms. The number of amides is 1. The minimum atomic E-state index is -0.790. The van der Waals surface area contributed by atoms with E-state index in [1.165, 1.54) is 0 Å². The summed E-state index contributed by atoms with van der Waals surface area (Å²) in [6.45, 7) is 1.75. The van der Waals surface area contributed by atoms with Crippen LogP contribution in [0.4, 0.5) is 0 Å². The lowest BCUT2D eigenvalue weighted by molar-refractivity contribution is -0.139. The molecule has 1 unspecified atom stereocenters. The number of carbonyl (C=O) groups excluding carboxylic acids is 1. The number of thiophene rings is 1. The highest BCUT2D eigenvalue weighted by molar-refractivity contribution is 7.09. The van der Waals surface area contributed by atoms with Crippen LogP contribution in [-0.2, 0) is 16.1 Å². The first kappa shape index (κ1) is 15.0. The molecule has 1 fully saturated rings. The lowest BCUT2D eigenvalue weighted by Gasteiger charge is -2.25. The monoisotopic (exact) mass is 296 g/mol.